The van der Waals surface area contributed by atoms with Crippen LogP contribution in [-0.4, -0.2) is 49.2 Å². The number of aromatic nitrogens is 1. The summed E-state index contributed by atoms with van der Waals surface area (Å²) in [7, 11) is 1.53. The molecule has 2 aromatic rings. The Labute approximate surface area is 147 Å². The molecule has 0 spiro atoms. The molecule has 7 nitrogen and oxygen atoms in total. The number of anilines is 2. The highest BCUT2D eigenvalue weighted by Gasteiger charge is 2.23. The summed E-state index contributed by atoms with van der Waals surface area (Å²) in [6, 6.07) is 3.45. The van der Waals surface area contributed by atoms with Crippen molar-refractivity contribution < 1.29 is 14.3 Å². The maximum absolute atomic E-state index is 12.8. The van der Waals surface area contributed by atoms with Gasteiger partial charge in [0.15, 0.2) is 5.13 Å². The number of ether oxygens (including phenoxy) is 2. The van der Waals surface area contributed by atoms with Crippen molar-refractivity contribution in [2.45, 2.75) is 9.10 Å². The van der Waals surface area contributed by atoms with Crippen molar-refractivity contribution in [2.24, 2.45) is 0 Å². The average molecular weight is 366 g/mol. The number of carbonyl (C=O) groups is 1. The quantitative estimate of drug-likeness (QED) is 0.797. The van der Waals surface area contributed by atoms with Crippen molar-refractivity contribution in [2.75, 3.05) is 44.9 Å². The fraction of sp³-hybridized carbons (Fsp3) is 0.333. The van der Waals surface area contributed by atoms with Crippen molar-refractivity contribution >= 4 is 39.8 Å². The van der Waals surface area contributed by atoms with E-state index in [0.717, 1.165) is 9.10 Å². The van der Waals surface area contributed by atoms with Crippen molar-refractivity contribution in [3.63, 3.8) is 0 Å². The van der Waals surface area contributed by atoms with Gasteiger partial charge in [-0.25, -0.2) is 4.98 Å². The Hall–Kier alpha value is -1.97. The molecule has 0 saturated carbocycles. The number of rotatable bonds is 4. The zero-order valence-corrected chi connectivity index (χ0v) is 14.8. The molecule has 1 aromatic heterocycles. The summed E-state index contributed by atoms with van der Waals surface area (Å²) >= 11 is 2.81. The first-order chi connectivity index (χ1) is 11.6. The molecule has 0 bridgehead atoms. The first-order valence-corrected chi connectivity index (χ1v) is 8.95. The lowest BCUT2D eigenvalue weighted by Crippen LogP contribution is -2.40. The fourth-order valence-electron chi connectivity index (χ4n) is 2.36. The highest BCUT2D eigenvalue weighted by molar-refractivity contribution is 8.01. The molecule has 0 radical (unpaired) electrons. The predicted molar refractivity (Wildman–Crippen MR) is 94.8 cm³/mol. The molecular formula is C15H18N4O3S2. The molecule has 0 unspecified atom stereocenters. The van der Waals surface area contributed by atoms with Gasteiger partial charge in [0.25, 0.3) is 5.91 Å². The second kappa shape index (κ2) is 7.29. The van der Waals surface area contributed by atoms with Crippen LogP contribution in [0.4, 0.5) is 10.8 Å². The van der Waals surface area contributed by atoms with Gasteiger partial charge >= 0.3 is 0 Å². The second-order valence-electron chi connectivity index (χ2n) is 5.11. The molecule has 1 aromatic carbocycles. The number of hydrogen-bond donors (Lipinski definition) is 2. The first kappa shape index (κ1) is 16.9. The smallest absolute Gasteiger partial charge is 0.257 e. The Morgan fingerprint density at radius 1 is 1.38 bits per heavy atom. The van der Waals surface area contributed by atoms with Crippen LogP contribution in [0.15, 0.2) is 27.4 Å². The van der Waals surface area contributed by atoms with E-state index in [0.29, 0.717) is 48.4 Å². The van der Waals surface area contributed by atoms with Crippen molar-refractivity contribution in [3.8, 4) is 5.75 Å². The van der Waals surface area contributed by atoms with Crippen molar-refractivity contribution in [1.29, 1.82) is 0 Å². The molecule has 1 aliphatic rings. The van der Waals surface area contributed by atoms with Crippen molar-refractivity contribution in [1.82, 2.24) is 9.88 Å². The molecule has 2 heterocycles. The monoisotopic (exact) mass is 366 g/mol. The number of morpholine rings is 1. The van der Waals surface area contributed by atoms with E-state index in [2.05, 4.69) is 4.98 Å². The Balaban J connectivity index is 1.91. The summed E-state index contributed by atoms with van der Waals surface area (Å²) in [6.45, 7) is 2.23. The van der Waals surface area contributed by atoms with Crippen LogP contribution in [-0.2, 0) is 4.74 Å². The van der Waals surface area contributed by atoms with Crippen LogP contribution in [0.5, 0.6) is 5.75 Å². The van der Waals surface area contributed by atoms with Crippen LogP contribution >= 0.6 is 23.1 Å². The van der Waals surface area contributed by atoms with Gasteiger partial charge in [-0.1, -0.05) is 23.1 Å². The van der Waals surface area contributed by atoms with Gasteiger partial charge in [-0.2, -0.15) is 0 Å². The van der Waals surface area contributed by atoms with E-state index in [1.54, 1.807) is 23.2 Å². The maximum atomic E-state index is 12.8. The number of nitrogen functional groups attached to an aromatic ring is 2. The Morgan fingerprint density at radius 2 is 2.12 bits per heavy atom. The summed E-state index contributed by atoms with van der Waals surface area (Å²) in [5.41, 5.74) is 12.8. The molecule has 3 rings (SSSR count). The number of methoxy groups -OCH3 is 1. The van der Waals surface area contributed by atoms with E-state index in [9.17, 15) is 4.79 Å². The van der Waals surface area contributed by atoms with Gasteiger partial charge < -0.3 is 25.8 Å². The predicted octanol–water partition coefficient (Wildman–Crippen LogP) is 1.94. The third kappa shape index (κ3) is 3.58. The molecule has 0 aliphatic carbocycles. The average Bonchev–Trinajstić information content (AvgIpc) is 3.01. The van der Waals surface area contributed by atoms with Crippen LogP contribution in [0, 0.1) is 0 Å². The van der Waals surface area contributed by atoms with Crippen molar-refractivity contribution in [3.05, 3.63) is 23.9 Å². The maximum Gasteiger partial charge on any atom is 0.257 e. The first-order valence-electron chi connectivity index (χ1n) is 7.32. The standard InChI is InChI=1S/C15H18N4O3S2/c1-21-11-7-10(16)12(23-13-8-18-15(17)24-13)6-9(11)14(20)19-2-4-22-5-3-19/h6-8H,2-5,16H2,1H3,(H2,17,18). The lowest BCUT2D eigenvalue weighted by molar-refractivity contribution is 0.0300. The van der Waals surface area contributed by atoms with Crippen LogP contribution < -0.4 is 16.2 Å². The Bertz CT molecular complexity index is 744. The third-order valence-electron chi connectivity index (χ3n) is 3.57. The number of thiazole rings is 1. The molecule has 24 heavy (non-hydrogen) atoms. The minimum atomic E-state index is -0.0826. The van der Waals surface area contributed by atoms with E-state index in [1.807, 2.05) is 0 Å². The zero-order valence-electron chi connectivity index (χ0n) is 13.2. The highest BCUT2D eigenvalue weighted by atomic mass is 32.2. The minimum Gasteiger partial charge on any atom is -0.496 e. The van der Waals surface area contributed by atoms with E-state index >= 15 is 0 Å². The van der Waals surface area contributed by atoms with Gasteiger partial charge in [0.1, 0.15) is 5.75 Å². The Morgan fingerprint density at radius 3 is 2.75 bits per heavy atom. The summed E-state index contributed by atoms with van der Waals surface area (Å²) in [5, 5.41) is 0.495. The van der Waals surface area contributed by atoms with E-state index in [4.69, 9.17) is 20.9 Å². The van der Waals surface area contributed by atoms with Gasteiger partial charge in [-0.15, -0.1) is 0 Å². The summed E-state index contributed by atoms with van der Waals surface area (Å²) in [5.74, 6) is 0.387. The second-order valence-corrected chi connectivity index (χ2v) is 7.52. The van der Waals surface area contributed by atoms with Gasteiger partial charge in [-0.05, 0) is 6.07 Å². The SMILES string of the molecule is COc1cc(N)c(Sc2cnc(N)s2)cc1C(=O)N1CCOCC1. The minimum absolute atomic E-state index is 0.0826. The molecule has 128 valence electrons. The Kier molecular flexibility index (Phi) is 5.12. The molecule has 1 saturated heterocycles. The lowest BCUT2D eigenvalue weighted by atomic mass is 10.1. The lowest BCUT2D eigenvalue weighted by Gasteiger charge is -2.27. The normalized spacial score (nSPS) is 14.6. The highest BCUT2D eigenvalue weighted by Crippen LogP contribution is 2.39. The number of hydrogen-bond acceptors (Lipinski definition) is 8. The van der Waals surface area contributed by atoms with Crippen LogP contribution in [0.3, 0.4) is 0 Å². The molecule has 4 N–H and O–H groups in total. The number of nitrogens with zero attached hydrogens (tertiary/aromatic N) is 2. The van der Waals surface area contributed by atoms with E-state index in [-0.39, 0.29) is 5.91 Å². The van der Waals surface area contributed by atoms with E-state index < -0.39 is 0 Å². The van der Waals surface area contributed by atoms with Gasteiger partial charge in [-0.3, -0.25) is 4.79 Å². The molecule has 9 heteroatoms. The van der Waals surface area contributed by atoms with Gasteiger partial charge in [0.05, 0.1) is 36.3 Å². The van der Waals surface area contributed by atoms with Crippen LogP contribution in [0.25, 0.3) is 0 Å². The molecule has 1 amide bonds. The largest absolute Gasteiger partial charge is 0.496 e. The van der Waals surface area contributed by atoms with Gasteiger partial charge in [0.2, 0.25) is 0 Å². The van der Waals surface area contributed by atoms with Crippen LogP contribution in [0.1, 0.15) is 10.4 Å². The number of amides is 1. The zero-order chi connectivity index (χ0) is 17.1. The number of carbonyl (C=O) groups excluding carboxylic acids is 1. The molecule has 1 fully saturated rings. The van der Waals surface area contributed by atoms with E-state index in [1.165, 1.54) is 30.2 Å². The van der Waals surface area contributed by atoms with Gasteiger partial charge in [0, 0.05) is 29.7 Å². The topological polar surface area (TPSA) is 104 Å². The van der Waals surface area contributed by atoms with Crippen LogP contribution in [0.2, 0.25) is 0 Å². The fourth-order valence-corrected chi connectivity index (χ4v) is 4.15. The summed E-state index contributed by atoms with van der Waals surface area (Å²) in [6.07, 6.45) is 1.69. The molecule has 1 aliphatic heterocycles. The molecule has 0 atom stereocenters. The third-order valence-corrected chi connectivity index (χ3v) is 5.57. The summed E-state index contributed by atoms with van der Waals surface area (Å²) < 4.78 is 11.6. The summed E-state index contributed by atoms with van der Waals surface area (Å²) in [4.78, 5) is 19.4. The number of benzene rings is 1. The molecular weight excluding hydrogens is 348 g/mol. The number of nitrogens with two attached hydrogens (primary N) is 2.